The summed E-state index contributed by atoms with van der Waals surface area (Å²) in [7, 11) is -1.93. The van der Waals surface area contributed by atoms with Crippen LogP contribution in [0, 0.1) is 0 Å². The predicted molar refractivity (Wildman–Crippen MR) is 77.8 cm³/mol. The van der Waals surface area contributed by atoms with Crippen molar-refractivity contribution in [1.82, 2.24) is 9.55 Å². The van der Waals surface area contributed by atoms with E-state index in [1.54, 1.807) is 23.7 Å². The highest BCUT2D eigenvalue weighted by Gasteiger charge is 2.19. The highest BCUT2D eigenvalue weighted by atomic mass is 79.9. The molecule has 1 heterocycles. The molecule has 1 aromatic heterocycles. The van der Waals surface area contributed by atoms with Crippen molar-refractivity contribution in [2.75, 3.05) is 4.72 Å². The topological polar surface area (TPSA) is 64.0 Å². The minimum atomic E-state index is -3.65. The van der Waals surface area contributed by atoms with Crippen LogP contribution < -0.4 is 4.72 Å². The van der Waals surface area contributed by atoms with Gasteiger partial charge in [-0.1, -0.05) is 34.1 Å². The molecule has 19 heavy (non-hydrogen) atoms. The standard InChI is InChI=1S/C12H14BrN3O2S/c1-9(13)10-5-3-4-6-11(10)15-19(17,18)12-7-16(2)8-14-12/h3-9,15H,1-2H3. The van der Waals surface area contributed by atoms with Gasteiger partial charge in [0.1, 0.15) is 0 Å². The number of hydrogen-bond acceptors (Lipinski definition) is 3. The Morgan fingerprint density at radius 2 is 2.05 bits per heavy atom. The smallest absolute Gasteiger partial charge is 0.280 e. The van der Waals surface area contributed by atoms with Gasteiger partial charge in [0.05, 0.1) is 12.0 Å². The fourth-order valence-electron chi connectivity index (χ4n) is 1.66. The molecule has 0 bridgehead atoms. The zero-order chi connectivity index (χ0) is 14.0. The summed E-state index contributed by atoms with van der Waals surface area (Å²) >= 11 is 3.45. The molecule has 1 N–H and O–H groups in total. The van der Waals surface area contributed by atoms with Gasteiger partial charge in [0.25, 0.3) is 10.0 Å². The van der Waals surface area contributed by atoms with Crippen LogP contribution in [-0.4, -0.2) is 18.0 Å². The number of imidazole rings is 1. The van der Waals surface area contributed by atoms with Crippen LogP contribution >= 0.6 is 15.9 Å². The lowest BCUT2D eigenvalue weighted by Crippen LogP contribution is -2.14. The second-order valence-corrected chi connectivity index (χ2v) is 7.19. The number of aryl methyl sites for hydroxylation is 1. The van der Waals surface area contributed by atoms with Crippen LogP contribution in [0.25, 0.3) is 0 Å². The minimum Gasteiger partial charge on any atom is -0.339 e. The Morgan fingerprint density at radius 1 is 1.37 bits per heavy atom. The number of para-hydroxylation sites is 1. The van der Waals surface area contributed by atoms with Gasteiger partial charge in [-0.25, -0.2) is 4.98 Å². The van der Waals surface area contributed by atoms with E-state index in [0.717, 1.165) is 5.56 Å². The summed E-state index contributed by atoms with van der Waals surface area (Å²) in [6, 6.07) is 7.25. The maximum atomic E-state index is 12.2. The van der Waals surface area contributed by atoms with Crippen molar-refractivity contribution < 1.29 is 8.42 Å². The third-order valence-corrected chi connectivity index (χ3v) is 4.33. The van der Waals surface area contributed by atoms with E-state index >= 15 is 0 Å². The van der Waals surface area contributed by atoms with Crippen molar-refractivity contribution in [1.29, 1.82) is 0 Å². The summed E-state index contributed by atoms with van der Waals surface area (Å²) in [5, 5.41) is 0.00651. The van der Waals surface area contributed by atoms with Crippen molar-refractivity contribution >= 4 is 31.6 Å². The molecule has 0 aliphatic heterocycles. The number of hydrogen-bond donors (Lipinski definition) is 1. The van der Waals surface area contributed by atoms with Crippen molar-refractivity contribution in [3.05, 3.63) is 42.4 Å². The number of aromatic nitrogens is 2. The molecule has 1 aromatic carbocycles. The first-order valence-corrected chi connectivity index (χ1v) is 8.04. The van der Waals surface area contributed by atoms with Crippen LogP contribution in [-0.2, 0) is 17.1 Å². The number of sulfonamides is 1. The summed E-state index contributed by atoms with van der Waals surface area (Å²) in [5.74, 6) is 0. The third-order valence-electron chi connectivity index (χ3n) is 2.59. The monoisotopic (exact) mass is 343 g/mol. The molecule has 0 fully saturated rings. The molecule has 0 aliphatic rings. The van der Waals surface area contributed by atoms with E-state index in [2.05, 4.69) is 25.6 Å². The molecule has 2 rings (SSSR count). The molecule has 0 aliphatic carbocycles. The van der Waals surface area contributed by atoms with E-state index in [1.165, 1.54) is 12.5 Å². The Hall–Kier alpha value is -1.34. The first-order chi connectivity index (χ1) is 8.90. The van der Waals surface area contributed by atoms with Gasteiger partial charge in [0.2, 0.25) is 0 Å². The Labute approximate surface area is 120 Å². The molecule has 0 amide bonds. The lowest BCUT2D eigenvalue weighted by molar-refractivity contribution is 0.598. The lowest BCUT2D eigenvalue weighted by atomic mass is 10.1. The van der Waals surface area contributed by atoms with Gasteiger partial charge in [0, 0.05) is 18.1 Å². The van der Waals surface area contributed by atoms with E-state index in [1.807, 2.05) is 19.1 Å². The zero-order valence-electron chi connectivity index (χ0n) is 10.5. The number of anilines is 1. The third kappa shape index (κ3) is 3.16. The van der Waals surface area contributed by atoms with Gasteiger partial charge < -0.3 is 4.57 Å². The van der Waals surface area contributed by atoms with E-state index in [4.69, 9.17) is 0 Å². The van der Waals surface area contributed by atoms with Crippen molar-refractivity contribution in [2.24, 2.45) is 7.05 Å². The lowest BCUT2D eigenvalue weighted by Gasteiger charge is -2.12. The number of alkyl halides is 1. The van der Waals surface area contributed by atoms with Crippen LogP contribution in [0.3, 0.4) is 0 Å². The molecule has 0 saturated heterocycles. The molecule has 0 radical (unpaired) electrons. The molecule has 2 aromatic rings. The molecular formula is C12H14BrN3O2S. The van der Waals surface area contributed by atoms with Gasteiger partial charge in [-0.05, 0) is 18.6 Å². The number of rotatable bonds is 4. The number of halogens is 1. The highest BCUT2D eigenvalue weighted by molar-refractivity contribution is 9.09. The SMILES string of the molecule is CC(Br)c1ccccc1NS(=O)(=O)c1cn(C)cn1. The Balaban J connectivity index is 2.36. The largest absolute Gasteiger partial charge is 0.339 e. The maximum Gasteiger partial charge on any atom is 0.280 e. The Bertz CT molecular complexity index is 680. The van der Waals surface area contributed by atoms with Crippen molar-refractivity contribution in [3.63, 3.8) is 0 Å². The second-order valence-electron chi connectivity index (χ2n) is 4.19. The summed E-state index contributed by atoms with van der Waals surface area (Å²) in [6.07, 6.45) is 2.91. The predicted octanol–water partition coefficient (Wildman–Crippen LogP) is 2.68. The first kappa shape index (κ1) is 14.1. The van der Waals surface area contributed by atoms with Crippen LogP contribution in [0.4, 0.5) is 5.69 Å². The van der Waals surface area contributed by atoms with E-state index in [0.29, 0.717) is 5.69 Å². The van der Waals surface area contributed by atoms with Gasteiger partial charge in [0.15, 0.2) is 5.03 Å². The summed E-state index contributed by atoms with van der Waals surface area (Å²) in [4.78, 5) is 3.91. The van der Waals surface area contributed by atoms with Crippen molar-refractivity contribution in [2.45, 2.75) is 16.8 Å². The average molecular weight is 344 g/mol. The molecule has 7 heteroatoms. The first-order valence-electron chi connectivity index (χ1n) is 5.64. The van der Waals surface area contributed by atoms with Gasteiger partial charge in [-0.3, -0.25) is 4.72 Å². The van der Waals surface area contributed by atoms with Gasteiger partial charge >= 0.3 is 0 Å². The number of nitrogens with one attached hydrogen (secondary N) is 1. The number of benzene rings is 1. The summed E-state index contributed by atoms with van der Waals surface area (Å²) < 4.78 is 28.5. The Morgan fingerprint density at radius 3 is 2.63 bits per heavy atom. The summed E-state index contributed by atoms with van der Waals surface area (Å²) in [6.45, 7) is 1.94. The number of nitrogens with zero attached hydrogens (tertiary/aromatic N) is 2. The van der Waals surface area contributed by atoms with Crippen molar-refractivity contribution in [3.8, 4) is 0 Å². The molecule has 0 spiro atoms. The van der Waals surface area contributed by atoms with Crippen LogP contribution in [0.1, 0.15) is 17.3 Å². The summed E-state index contributed by atoms with van der Waals surface area (Å²) in [5.41, 5.74) is 1.43. The normalized spacial score (nSPS) is 13.2. The molecule has 0 saturated carbocycles. The van der Waals surface area contributed by atoms with Crippen LogP contribution in [0.2, 0.25) is 0 Å². The fourth-order valence-corrected chi connectivity index (χ4v) is 3.13. The van der Waals surface area contributed by atoms with Gasteiger partial charge in [-0.15, -0.1) is 0 Å². The quantitative estimate of drug-likeness (QED) is 0.868. The molecule has 102 valence electrons. The molecule has 1 unspecified atom stereocenters. The van der Waals surface area contributed by atoms with Crippen LogP contribution in [0.5, 0.6) is 0 Å². The molecule has 5 nitrogen and oxygen atoms in total. The van der Waals surface area contributed by atoms with E-state index in [-0.39, 0.29) is 9.85 Å². The van der Waals surface area contributed by atoms with E-state index in [9.17, 15) is 8.42 Å². The average Bonchev–Trinajstić information content (AvgIpc) is 2.76. The fraction of sp³-hybridized carbons (Fsp3) is 0.250. The minimum absolute atomic E-state index is 0.00651. The highest BCUT2D eigenvalue weighted by Crippen LogP contribution is 2.29. The zero-order valence-corrected chi connectivity index (χ0v) is 12.9. The second kappa shape index (κ2) is 5.34. The molecular weight excluding hydrogens is 330 g/mol. The molecule has 1 atom stereocenters. The Kier molecular flexibility index (Phi) is 3.96. The van der Waals surface area contributed by atoms with Gasteiger partial charge in [-0.2, -0.15) is 8.42 Å². The maximum absolute atomic E-state index is 12.2. The van der Waals surface area contributed by atoms with Crippen LogP contribution in [0.15, 0.2) is 41.8 Å². The van der Waals surface area contributed by atoms with E-state index < -0.39 is 10.0 Å².